The molecule has 0 aliphatic carbocycles. The summed E-state index contributed by atoms with van der Waals surface area (Å²) in [5.41, 5.74) is 0.391. The van der Waals surface area contributed by atoms with Gasteiger partial charge in [-0.15, -0.1) is 0 Å². The Morgan fingerprint density at radius 2 is 1.71 bits per heavy atom. The molecule has 0 atom stereocenters. The molecule has 0 aliphatic rings. The molecule has 78 valence electrons. The zero-order valence-corrected chi connectivity index (χ0v) is 8.44. The van der Waals surface area contributed by atoms with E-state index < -0.39 is 5.79 Å². The van der Waals surface area contributed by atoms with Crippen LogP contribution in [0.25, 0.3) is 0 Å². The Hall–Kier alpha value is -1.26. The maximum Gasteiger partial charge on any atom is 0.195 e. The topological polar surface area (TPSA) is 58.9 Å². The Balaban J connectivity index is 3.24. The van der Waals surface area contributed by atoms with Crippen molar-refractivity contribution in [3.05, 3.63) is 23.8 Å². The standard InChI is InChI=1S/C10H14O4/c1-10(13-2,14-3)7-5-4-6-8(11)9(7)12/h4-6,11-12H,1-3H3. The molecule has 0 saturated carbocycles. The number of ether oxygens (including phenoxy) is 2. The molecule has 4 heteroatoms. The van der Waals surface area contributed by atoms with E-state index in [1.807, 2.05) is 0 Å². The molecule has 4 nitrogen and oxygen atoms in total. The second kappa shape index (κ2) is 3.86. The SMILES string of the molecule is COC(C)(OC)c1cccc(O)c1O. The molecule has 0 aromatic heterocycles. The van der Waals surface area contributed by atoms with Gasteiger partial charge in [-0.1, -0.05) is 6.07 Å². The zero-order chi connectivity index (χ0) is 10.8. The van der Waals surface area contributed by atoms with Crippen LogP contribution in [0.3, 0.4) is 0 Å². The lowest BCUT2D eigenvalue weighted by Gasteiger charge is -2.27. The molecular weight excluding hydrogens is 184 g/mol. The molecule has 1 aromatic rings. The van der Waals surface area contributed by atoms with E-state index in [0.717, 1.165) is 0 Å². The van der Waals surface area contributed by atoms with Gasteiger partial charge in [0.15, 0.2) is 17.3 Å². The normalized spacial score (nSPS) is 11.6. The summed E-state index contributed by atoms with van der Waals surface area (Å²) in [6, 6.07) is 4.63. The fraction of sp³-hybridized carbons (Fsp3) is 0.400. The highest BCUT2D eigenvalue weighted by Crippen LogP contribution is 2.37. The van der Waals surface area contributed by atoms with E-state index in [4.69, 9.17) is 9.47 Å². The molecule has 1 rings (SSSR count). The van der Waals surface area contributed by atoms with Gasteiger partial charge in [-0.05, 0) is 19.1 Å². The highest BCUT2D eigenvalue weighted by Gasteiger charge is 2.29. The average Bonchev–Trinajstić information content (AvgIpc) is 2.21. The Kier molecular flexibility index (Phi) is 2.98. The highest BCUT2D eigenvalue weighted by atomic mass is 16.7. The first kappa shape index (κ1) is 10.8. The fourth-order valence-corrected chi connectivity index (χ4v) is 1.20. The van der Waals surface area contributed by atoms with Crippen LogP contribution in [-0.4, -0.2) is 24.4 Å². The number of hydrogen-bond donors (Lipinski definition) is 2. The smallest absolute Gasteiger partial charge is 0.195 e. The molecule has 0 bridgehead atoms. The first-order valence-electron chi connectivity index (χ1n) is 4.17. The highest BCUT2D eigenvalue weighted by molar-refractivity contribution is 5.46. The summed E-state index contributed by atoms with van der Waals surface area (Å²) >= 11 is 0. The van der Waals surface area contributed by atoms with Crippen molar-refractivity contribution in [3.63, 3.8) is 0 Å². The largest absolute Gasteiger partial charge is 0.504 e. The first-order chi connectivity index (χ1) is 6.55. The van der Waals surface area contributed by atoms with Crippen LogP contribution in [0.4, 0.5) is 0 Å². The third kappa shape index (κ3) is 1.66. The molecule has 0 spiro atoms. The first-order valence-corrected chi connectivity index (χ1v) is 4.17. The lowest BCUT2D eigenvalue weighted by Crippen LogP contribution is -2.26. The van der Waals surface area contributed by atoms with Gasteiger partial charge >= 0.3 is 0 Å². The third-order valence-corrected chi connectivity index (χ3v) is 2.28. The molecule has 2 N–H and O–H groups in total. The van der Waals surface area contributed by atoms with E-state index in [9.17, 15) is 10.2 Å². The summed E-state index contributed by atoms with van der Waals surface area (Å²) in [4.78, 5) is 0. The molecule has 0 fully saturated rings. The van der Waals surface area contributed by atoms with E-state index in [1.165, 1.54) is 20.3 Å². The van der Waals surface area contributed by atoms with Crippen molar-refractivity contribution in [2.24, 2.45) is 0 Å². The number of aromatic hydroxyl groups is 2. The van der Waals surface area contributed by atoms with Crippen molar-refractivity contribution in [2.75, 3.05) is 14.2 Å². The van der Waals surface area contributed by atoms with Crippen molar-refractivity contribution < 1.29 is 19.7 Å². The number of methoxy groups -OCH3 is 2. The van der Waals surface area contributed by atoms with Crippen LogP contribution in [0.5, 0.6) is 11.5 Å². The zero-order valence-electron chi connectivity index (χ0n) is 8.44. The lowest BCUT2D eigenvalue weighted by atomic mass is 10.1. The van der Waals surface area contributed by atoms with Crippen LogP contribution in [0, 0.1) is 0 Å². The van der Waals surface area contributed by atoms with Gasteiger partial charge in [0.1, 0.15) is 0 Å². The van der Waals surface area contributed by atoms with Gasteiger partial charge in [0.2, 0.25) is 0 Å². The number of para-hydroxylation sites is 1. The van der Waals surface area contributed by atoms with Gasteiger partial charge in [-0.2, -0.15) is 0 Å². The van der Waals surface area contributed by atoms with E-state index in [-0.39, 0.29) is 11.5 Å². The summed E-state index contributed by atoms with van der Waals surface area (Å²) in [6.07, 6.45) is 0. The molecule has 0 amide bonds. The van der Waals surface area contributed by atoms with Crippen molar-refractivity contribution in [2.45, 2.75) is 12.7 Å². The van der Waals surface area contributed by atoms with Gasteiger partial charge < -0.3 is 19.7 Å². The Morgan fingerprint density at radius 3 is 2.21 bits per heavy atom. The van der Waals surface area contributed by atoms with Gasteiger partial charge in [0.05, 0.1) is 5.56 Å². The molecule has 0 radical (unpaired) electrons. The van der Waals surface area contributed by atoms with Crippen molar-refractivity contribution in [1.29, 1.82) is 0 Å². The van der Waals surface area contributed by atoms with Crippen LogP contribution < -0.4 is 0 Å². The quantitative estimate of drug-likeness (QED) is 0.571. The fourth-order valence-electron chi connectivity index (χ4n) is 1.20. The van der Waals surface area contributed by atoms with E-state index in [1.54, 1.807) is 19.1 Å². The van der Waals surface area contributed by atoms with Crippen LogP contribution in [-0.2, 0) is 15.3 Å². The van der Waals surface area contributed by atoms with E-state index in [2.05, 4.69) is 0 Å². The maximum atomic E-state index is 9.59. The molecular formula is C10H14O4. The summed E-state index contributed by atoms with van der Waals surface area (Å²) in [5, 5.41) is 18.9. The minimum absolute atomic E-state index is 0.192. The van der Waals surface area contributed by atoms with E-state index in [0.29, 0.717) is 5.56 Å². The summed E-state index contributed by atoms with van der Waals surface area (Å²) < 4.78 is 10.2. The third-order valence-electron chi connectivity index (χ3n) is 2.28. The minimum Gasteiger partial charge on any atom is -0.504 e. The Bertz CT molecular complexity index is 318. The number of benzene rings is 1. The molecule has 0 aliphatic heterocycles. The second-order valence-electron chi connectivity index (χ2n) is 3.03. The average molecular weight is 198 g/mol. The minimum atomic E-state index is -1.05. The molecule has 14 heavy (non-hydrogen) atoms. The number of rotatable bonds is 3. The van der Waals surface area contributed by atoms with Crippen LogP contribution in [0.15, 0.2) is 18.2 Å². The summed E-state index contributed by atoms with van der Waals surface area (Å²) in [6.45, 7) is 1.65. The number of hydrogen-bond acceptors (Lipinski definition) is 4. The Morgan fingerprint density at radius 1 is 1.14 bits per heavy atom. The van der Waals surface area contributed by atoms with Gasteiger partial charge in [0.25, 0.3) is 0 Å². The molecule has 0 unspecified atom stereocenters. The molecule has 0 saturated heterocycles. The predicted molar refractivity (Wildman–Crippen MR) is 51.1 cm³/mol. The second-order valence-corrected chi connectivity index (χ2v) is 3.03. The van der Waals surface area contributed by atoms with Crippen molar-refractivity contribution in [3.8, 4) is 11.5 Å². The van der Waals surface area contributed by atoms with Gasteiger partial charge in [-0.3, -0.25) is 0 Å². The van der Waals surface area contributed by atoms with Crippen LogP contribution in [0.2, 0.25) is 0 Å². The van der Waals surface area contributed by atoms with Crippen LogP contribution >= 0.6 is 0 Å². The Labute approximate surface area is 82.7 Å². The van der Waals surface area contributed by atoms with E-state index >= 15 is 0 Å². The maximum absolute atomic E-state index is 9.59. The summed E-state index contributed by atoms with van der Waals surface area (Å²) in [7, 11) is 2.93. The molecule has 1 aromatic carbocycles. The predicted octanol–water partition coefficient (Wildman–Crippen LogP) is 1.56. The van der Waals surface area contributed by atoms with Crippen LogP contribution in [0.1, 0.15) is 12.5 Å². The lowest BCUT2D eigenvalue weighted by molar-refractivity contribution is -0.202. The molecule has 0 heterocycles. The van der Waals surface area contributed by atoms with Crippen molar-refractivity contribution in [1.82, 2.24) is 0 Å². The summed E-state index contributed by atoms with van der Waals surface area (Å²) in [5.74, 6) is -1.47. The number of phenolic OH excluding ortho intramolecular Hbond substituents is 2. The monoisotopic (exact) mass is 198 g/mol. The van der Waals surface area contributed by atoms with Gasteiger partial charge in [-0.25, -0.2) is 0 Å². The van der Waals surface area contributed by atoms with Gasteiger partial charge in [0, 0.05) is 14.2 Å². The number of phenols is 2. The van der Waals surface area contributed by atoms with Crippen molar-refractivity contribution >= 4 is 0 Å².